The number of nitro benzene ring substituents is 1. The largest absolute Gasteiger partial charge is 0.496 e. The van der Waals surface area contributed by atoms with Gasteiger partial charge in [0.1, 0.15) is 18.1 Å². The van der Waals surface area contributed by atoms with Gasteiger partial charge in [0, 0.05) is 18.7 Å². The summed E-state index contributed by atoms with van der Waals surface area (Å²) in [5.74, 6) is 0.850. The minimum atomic E-state index is -0.470. The number of nitrogens with zero attached hydrogens (tertiary/aromatic N) is 1. The fourth-order valence-electron chi connectivity index (χ4n) is 1.38. The lowest BCUT2D eigenvalue weighted by atomic mass is 10.3. The Morgan fingerprint density at radius 2 is 2.00 bits per heavy atom. The molecule has 1 N–H and O–H groups in total. The summed E-state index contributed by atoms with van der Waals surface area (Å²) in [5.41, 5.74) is -0.0406. The Morgan fingerprint density at radius 1 is 1.33 bits per heavy atom. The summed E-state index contributed by atoms with van der Waals surface area (Å²) in [6.07, 6.45) is 0. The van der Waals surface area contributed by atoms with Crippen molar-refractivity contribution in [2.75, 3.05) is 20.3 Å². The van der Waals surface area contributed by atoms with Gasteiger partial charge in [-0.15, -0.1) is 0 Å². The van der Waals surface area contributed by atoms with Gasteiger partial charge in [0.25, 0.3) is 5.69 Å². The lowest BCUT2D eigenvalue weighted by molar-refractivity contribution is -0.385. The lowest BCUT2D eigenvalue weighted by Gasteiger charge is -2.10. The third-order valence-electron chi connectivity index (χ3n) is 2.23. The van der Waals surface area contributed by atoms with E-state index in [9.17, 15) is 10.1 Å². The smallest absolute Gasteiger partial charge is 0.276 e. The number of rotatable bonds is 7. The molecule has 1 aromatic rings. The van der Waals surface area contributed by atoms with Crippen LogP contribution in [0.5, 0.6) is 11.5 Å². The topological polar surface area (TPSA) is 73.6 Å². The number of hydrogen-bond acceptors (Lipinski definition) is 5. The zero-order valence-electron chi connectivity index (χ0n) is 10.8. The summed E-state index contributed by atoms with van der Waals surface area (Å²) in [5, 5.41) is 13.9. The highest BCUT2D eigenvalue weighted by Crippen LogP contribution is 2.27. The van der Waals surface area contributed by atoms with Crippen molar-refractivity contribution < 1.29 is 14.4 Å². The first-order valence-corrected chi connectivity index (χ1v) is 5.72. The summed E-state index contributed by atoms with van der Waals surface area (Å²) >= 11 is 0. The van der Waals surface area contributed by atoms with Gasteiger partial charge in [-0.25, -0.2) is 0 Å². The molecular weight excluding hydrogens is 236 g/mol. The van der Waals surface area contributed by atoms with Crippen molar-refractivity contribution in [1.82, 2.24) is 5.32 Å². The average molecular weight is 254 g/mol. The Morgan fingerprint density at radius 3 is 2.56 bits per heavy atom. The molecule has 0 atom stereocenters. The molecule has 1 rings (SSSR count). The average Bonchev–Trinajstić information content (AvgIpc) is 2.34. The maximum Gasteiger partial charge on any atom is 0.276 e. The molecule has 0 aliphatic rings. The molecule has 0 heterocycles. The van der Waals surface area contributed by atoms with Crippen molar-refractivity contribution in [1.29, 1.82) is 0 Å². The summed E-state index contributed by atoms with van der Waals surface area (Å²) in [6.45, 7) is 5.21. The van der Waals surface area contributed by atoms with Crippen LogP contribution in [0.3, 0.4) is 0 Å². The van der Waals surface area contributed by atoms with Gasteiger partial charge >= 0.3 is 0 Å². The van der Waals surface area contributed by atoms with Gasteiger partial charge in [-0.2, -0.15) is 0 Å². The van der Waals surface area contributed by atoms with E-state index in [-0.39, 0.29) is 5.69 Å². The number of ether oxygens (including phenoxy) is 2. The van der Waals surface area contributed by atoms with E-state index in [2.05, 4.69) is 5.32 Å². The number of nitro groups is 1. The van der Waals surface area contributed by atoms with Crippen molar-refractivity contribution in [3.8, 4) is 11.5 Å². The van der Waals surface area contributed by atoms with Crippen molar-refractivity contribution in [3.05, 3.63) is 28.3 Å². The van der Waals surface area contributed by atoms with E-state index in [1.54, 1.807) is 6.07 Å². The first-order chi connectivity index (χ1) is 8.52. The second kappa shape index (κ2) is 6.80. The minimum absolute atomic E-state index is 0.0406. The van der Waals surface area contributed by atoms with E-state index in [1.807, 2.05) is 13.8 Å². The molecule has 0 aliphatic heterocycles. The second-order valence-corrected chi connectivity index (χ2v) is 4.08. The third-order valence-corrected chi connectivity index (χ3v) is 2.23. The van der Waals surface area contributed by atoms with Crippen LogP contribution in [0, 0.1) is 10.1 Å². The Balaban J connectivity index is 2.64. The molecule has 0 amide bonds. The predicted molar refractivity (Wildman–Crippen MR) is 68.3 cm³/mol. The molecule has 0 fully saturated rings. The second-order valence-electron chi connectivity index (χ2n) is 4.08. The number of non-ortho nitro benzene ring substituents is 1. The predicted octanol–water partition coefficient (Wildman–Crippen LogP) is 1.98. The van der Waals surface area contributed by atoms with Gasteiger partial charge < -0.3 is 14.8 Å². The zero-order valence-corrected chi connectivity index (χ0v) is 10.8. The molecule has 6 heteroatoms. The quantitative estimate of drug-likeness (QED) is 0.457. The molecule has 0 saturated heterocycles. The van der Waals surface area contributed by atoms with Crippen LogP contribution < -0.4 is 14.8 Å². The first kappa shape index (κ1) is 14.2. The van der Waals surface area contributed by atoms with Crippen LogP contribution in [-0.2, 0) is 0 Å². The molecule has 0 unspecified atom stereocenters. The molecule has 0 spiro atoms. The highest BCUT2D eigenvalue weighted by Gasteiger charge is 2.10. The normalized spacial score (nSPS) is 10.4. The molecule has 0 radical (unpaired) electrons. The highest BCUT2D eigenvalue weighted by atomic mass is 16.6. The standard InChI is InChI=1S/C12H18N2O4/c1-9(2)13-4-5-18-12-7-10(14(15)16)6-11(8-12)17-3/h6-9,13H,4-5H2,1-3H3. The van der Waals surface area contributed by atoms with Crippen LogP contribution in [-0.4, -0.2) is 31.2 Å². The number of methoxy groups -OCH3 is 1. The lowest BCUT2D eigenvalue weighted by Crippen LogP contribution is -2.27. The third kappa shape index (κ3) is 4.58. The summed E-state index contributed by atoms with van der Waals surface area (Å²) < 4.78 is 10.4. The monoisotopic (exact) mass is 254 g/mol. The Bertz CT molecular complexity index is 407. The van der Waals surface area contributed by atoms with Crippen molar-refractivity contribution in [2.24, 2.45) is 0 Å². The zero-order chi connectivity index (χ0) is 13.5. The van der Waals surface area contributed by atoms with Crippen LogP contribution >= 0.6 is 0 Å². The van der Waals surface area contributed by atoms with Crippen LogP contribution in [0.25, 0.3) is 0 Å². The SMILES string of the molecule is COc1cc(OCCNC(C)C)cc([N+](=O)[O-])c1. The van der Waals surface area contributed by atoms with Gasteiger partial charge in [0.2, 0.25) is 0 Å². The maximum absolute atomic E-state index is 10.7. The van der Waals surface area contributed by atoms with Crippen molar-refractivity contribution >= 4 is 5.69 Å². The van der Waals surface area contributed by atoms with Gasteiger partial charge in [0.15, 0.2) is 0 Å². The van der Waals surface area contributed by atoms with E-state index >= 15 is 0 Å². The highest BCUT2D eigenvalue weighted by molar-refractivity contribution is 5.45. The number of benzene rings is 1. The van der Waals surface area contributed by atoms with Gasteiger partial charge in [-0.3, -0.25) is 10.1 Å². The van der Waals surface area contributed by atoms with Crippen LogP contribution in [0.2, 0.25) is 0 Å². The fraction of sp³-hybridized carbons (Fsp3) is 0.500. The number of hydrogen-bond donors (Lipinski definition) is 1. The summed E-state index contributed by atoms with van der Waals surface area (Å²) in [4.78, 5) is 10.3. The Kier molecular flexibility index (Phi) is 5.38. The molecule has 6 nitrogen and oxygen atoms in total. The molecule has 0 saturated carbocycles. The molecule has 0 bridgehead atoms. The first-order valence-electron chi connectivity index (χ1n) is 5.72. The van der Waals surface area contributed by atoms with E-state index in [0.29, 0.717) is 30.7 Å². The van der Waals surface area contributed by atoms with E-state index < -0.39 is 4.92 Å². The van der Waals surface area contributed by atoms with E-state index in [0.717, 1.165) is 0 Å². The van der Waals surface area contributed by atoms with Crippen LogP contribution in [0.4, 0.5) is 5.69 Å². The molecule has 1 aromatic carbocycles. The molecule has 100 valence electrons. The summed E-state index contributed by atoms with van der Waals surface area (Å²) in [6, 6.07) is 4.76. The van der Waals surface area contributed by atoms with E-state index in [4.69, 9.17) is 9.47 Å². The van der Waals surface area contributed by atoms with E-state index in [1.165, 1.54) is 19.2 Å². The summed E-state index contributed by atoms with van der Waals surface area (Å²) in [7, 11) is 1.46. The number of nitrogens with one attached hydrogen (secondary N) is 1. The molecule has 18 heavy (non-hydrogen) atoms. The van der Waals surface area contributed by atoms with Crippen molar-refractivity contribution in [2.45, 2.75) is 19.9 Å². The molecule has 0 aromatic heterocycles. The van der Waals surface area contributed by atoms with Gasteiger partial charge in [0.05, 0.1) is 24.2 Å². The maximum atomic E-state index is 10.7. The Labute approximate surface area is 106 Å². The van der Waals surface area contributed by atoms with Crippen LogP contribution in [0.1, 0.15) is 13.8 Å². The molecule has 0 aliphatic carbocycles. The van der Waals surface area contributed by atoms with Crippen LogP contribution in [0.15, 0.2) is 18.2 Å². The fourth-order valence-corrected chi connectivity index (χ4v) is 1.38. The minimum Gasteiger partial charge on any atom is -0.496 e. The van der Waals surface area contributed by atoms with Gasteiger partial charge in [-0.1, -0.05) is 13.8 Å². The van der Waals surface area contributed by atoms with Crippen molar-refractivity contribution in [3.63, 3.8) is 0 Å². The molecular formula is C12H18N2O4. The Hall–Kier alpha value is -1.82. The van der Waals surface area contributed by atoms with Gasteiger partial charge in [-0.05, 0) is 0 Å².